The van der Waals surface area contributed by atoms with Crippen LogP contribution < -0.4 is 0 Å². The molecule has 206 valence electrons. The highest BCUT2D eigenvalue weighted by atomic mass is 79.9. The predicted molar refractivity (Wildman–Crippen MR) is 163 cm³/mol. The Morgan fingerprint density at radius 1 is 0.472 bits per heavy atom. The van der Waals surface area contributed by atoms with E-state index in [4.69, 9.17) is 0 Å². The third kappa shape index (κ3) is 15.7. The van der Waals surface area contributed by atoms with E-state index in [1.165, 1.54) is 103 Å². The van der Waals surface area contributed by atoms with E-state index in [0.29, 0.717) is 24.0 Å². The van der Waals surface area contributed by atoms with E-state index in [-0.39, 0.29) is 11.6 Å². The van der Waals surface area contributed by atoms with Crippen LogP contribution in [0, 0.1) is 0 Å². The minimum Gasteiger partial charge on any atom is -0.294 e. The number of benzene rings is 1. The van der Waals surface area contributed by atoms with Crippen LogP contribution in [0.1, 0.15) is 176 Å². The maximum absolute atomic E-state index is 12.8. The zero-order chi connectivity index (χ0) is 26.4. The summed E-state index contributed by atoms with van der Waals surface area (Å²) in [4.78, 5) is 25.5. The topological polar surface area (TPSA) is 34.1 Å². The number of ketones is 2. The largest absolute Gasteiger partial charge is 0.294 e. The van der Waals surface area contributed by atoms with Crippen molar-refractivity contribution in [2.75, 3.05) is 0 Å². The summed E-state index contributed by atoms with van der Waals surface area (Å²) in [6.07, 6.45) is 26.5. The predicted octanol–water partition coefficient (Wildman–Crippen LogP) is 12.2. The number of hydrogen-bond donors (Lipinski definition) is 0. The molecule has 1 aromatic carbocycles. The summed E-state index contributed by atoms with van der Waals surface area (Å²) < 4.78 is 1.49. The van der Waals surface area contributed by atoms with Gasteiger partial charge in [-0.15, -0.1) is 0 Å². The molecule has 0 saturated carbocycles. The first-order valence-electron chi connectivity index (χ1n) is 15.1. The van der Waals surface area contributed by atoms with E-state index in [2.05, 4.69) is 45.7 Å². The molecule has 4 heteroatoms. The molecule has 0 aliphatic heterocycles. The highest BCUT2D eigenvalue weighted by Crippen LogP contribution is 2.29. The van der Waals surface area contributed by atoms with Gasteiger partial charge in [-0.25, -0.2) is 0 Å². The second kappa shape index (κ2) is 22.5. The van der Waals surface area contributed by atoms with Gasteiger partial charge in [0.25, 0.3) is 0 Å². The Balaban J connectivity index is 2.26. The Morgan fingerprint density at radius 2 is 0.722 bits per heavy atom. The summed E-state index contributed by atoms with van der Waals surface area (Å²) >= 11 is 7.12. The second-order valence-electron chi connectivity index (χ2n) is 10.5. The molecule has 0 aliphatic rings. The summed E-state index contributed by atoms with van der Waals surface area (Å²) in [6, 6.07) is 3.68. The summed E-state index contributed by atoms with van der Waals surface area (Å²) in [7, 11) is 0. The van der Waals surface area contributed by atoms with Crippen LogP contribution in [0.4, 0.5) is 0 Å². The fourth-order valence-electron chi connectivity index (χ4n) is 4.79. The molecule has 0 radical (unpaired) electrons. The van der Waals surface area contributed by atoms with Crippen molar-refractivity contribution in [3.63, 3.8) is 0 Å². The molecule has 36 heavy (non-hydrogen) atoms. The Hall–Kier alpha value is -0.480. The minimum atomic E-state index is 0.163. The average Bonchev–Trinajstić information content (AvgIpc) is 2.87. The molecule has 1 rings (SSSR count). The quantitative estimate of drug-likeness (QED) is 0.0843. The lowest BCUT2D eigenvalue weighted by Crippen LogP contribution is -2.05. The molecule has 0 fully saturated rings. The van der Waals surface area contributed by atoms with Gasteiger partial charge in [0.1, 0.15) is 0 Å². The summed E-state index contributed by atoms with van der Waals surface area (Å²) in [5.74, 6) is 0.326. The number of unbranched alkanes of at least 4 members (excludes halogenated alkanes) is 18. The Morgan fingerprint density at radius 3 is 1.00 bits per heavy atom. The van der Waals surface area contributed by atoms with Crippen molar-refractivity contribution in [1.29, 1.82) is 0 Å². The molecule has 0 bridgehead atoms. The maximum atomic E-state index is 12.8. The maximum Gasteiger partial charge on any atom is 0.164 e. The molecular formula is C32H52Br2O2. The lowest BCUT2D eigenvalue weighted by Gasteiger charge is -2.10. The number of Topliss-reactive ketones (excluding diaryl/α,β-unsaturated/α-hetero) is 2. The third-order valence-corrected chi connectivity index (χ3v) is 8.48. The van der Waals surface area contributed by atoms with Gasteiger partial charge in [0.2, 0.25) is 0 Å². The van der Waals surface area contributed by atoms with Crippen LogP contribution in [0.3, 0.4) is 0 Å². The fraction of sp³-hybridized carbons (Fsp3) is 0.750. The zero-order valence-electron chi connectivity index (χ0n) is 23.3. The van der Waals surface area contributed by atoms with Crippen LogP contribution in [0.25, 0.3) is 0 Å². The summed E-state index contributed by atoms with van der Waals surface area (Å²) in [6.45, 7) is 4.51. The fourth-order valence-corrected chi connectivity index (χ4v) is 5.92. The van der Waals surface area contributed by atoms with E-state index in [0.717, 1.165) is 34.6 Å². The van der Waals surface area contributed by atoms with Crippen molar-refractivity contribution in [2.45, 2.75) is 155 Å². The van der Waals surface area contributed by atoms with Crippen molar-refractivity contribution in [3.8, 4) is 0 Å². The van der Waals surface area contributed by atoms with Crippen molar-refractivity contribution in [3.05, 3.63) is 32.2 Å². The van der Waals surface area contributed by atoms with Gasteiger partial charge >= 0.3 is 0 Å². The lowest BCUT2D eigenvalue weighted by atomic mass is 9.99. The van der Waals surface area contributed by atoms with Gasteiger partial charge in [-0.3, -0.25) is 9.59 Å². The Labute approximate surface area is 239 Å². The standard InChI is InChI=1S/C32H52Br2O2/c1-3-5-7-9-11-13-15-17-19-21-23-31(35)27-25-30(34)28(26-29(27)33)32(36)24-22-20-18-16-14-12-10-8-6-4-2/h25-26H,3-24H2,1-2H3. The van der Waals surface area contributed by atoms with Gasteiger partial charge in [-0.05, 0) is 25.0 Å². The number of rotatable bonds is 24. The van der Waals surface area contributed by atoms with Gasteiger partial charge in [-0.2, -0.15) is 0 Å². The highest BCUT2D eigenvalue weighted by molar-refractivity contribution is 9.11. The van der Waals surface area contributed by atoms with E-state index >= 15 is 0 Å². The normalized spacial score (nSPS) is 11.2. The van der Waals surface area contributed by atoms with Gasteiger partial charge in [-0.1, -0.05) is 161 Å². The van der Waals surface area contributed by atoms with Gasteiger partial charge < -0.3 is 0 Å². The number of hydrogen-bond acceptors (Lipinski definition) is 2. The smallest absolute Gasteiger partial charge is 0.164 e. The van der Waals surface area contributed by atoms with E-state index in [1.54, 1.807) is 0 Å². The second-order valence-corrected chi connectivity index (χ2v) is 12.2. The lowest BCUT2D eigenvalue weighted by molar-refractivity contribution is 0.0966. The summed E-state index contributed by atoms with van der Waals surface area (Å²) in [5.41, 5.74) is 1.38. The number of carbonyl (C=O) groups is 2. The van der Waals surface area contributed by atoms with Crippen molar-refractivity contribution in [2.24, 2.45) is 0 Å². The van der Waals surface area contributed by atoms with Gasteiger partial charge in [0.05, 0.1) is 0 Å². The van der Waals surface area contributed by atoms with Crippen LogP contribution in [-0.2, 0) is 0 Å². The van der Waals surface area contributed by atoms with Crippen molar-refractivity contribution in [1.82, 2.24) is 0 Å². The van der Waals surface area contributed by atoms with E-state index in [9.17, 15) is 9.59 Å². The number of carbonyl (C=O) groups excluding carboxylic acids is 2. The summed E-state index contributed by atoms with van der Waals surface area (Å²) in [5, 5.41) is 0. The number of halogens is 2. The minimum absolute atomic E-state index is 0.163. The average molecular weight is 629 g/mol. The van der Waals surface area contributed by atoms with Crippen LogP contribution in [-0.4, -0.2) is 11.6 Å². The van der Waals surface area contributed by atoms with Gasteiger partial charge in [0.15, 0.2) is 11.6 Å². The third-order valence-electron chi connectivity index (χ3n) is 7.17. The zero-order valence-corrected chi connectivity index (χ0v) is 26.5. The van der Waals surface area contributed by atoms with Crippen LogP contribution in [0.5, 0.6) is 0 Å². The van der Waals surface area contributed by atoms with E-state index in [1.807, 2.05) is 12.1 Å². The highest BCUT2D eigenvalue weighted by Gasteiger charge is 2.17. The molecular weight excluding hydrogens is 576 g/mol. The Kier molecular flexibility index (Phi) is 21.0. The van der Waals surface area contributed by atoms with Crippen molar-refractivity contribution >= 4 is 43.4 Å². The first kappa shape index (κ1) is 33.5. The molecule has 0 heterocycles. The molecule has 1 aromatic rings. The molecule has 2 nitrogen and oxygen atoms in total. The van der Waals surface area contributed by atoms with Crippen LogP contribution >= 0.6 is 31.9 Å². The molecule has 0 atom stereocenters. The first-order valence-corrected chi connectivity index (χ1v) is 16.6. The molecule has 0 unspecified atom stereocenters. The molecule has 0 aliphatic carbocycles. The SMILES string of the molecule is CCCCCCCCCCCCC(=O)c1cc(Br)c(C(=O)CCCCCCCCCCCC)cc1Br. The molecule has 0 aromatic heterocycles. The molecule has 0 N–H and O–H groups in total. The van der Waals surface area contributed by atoms with Crippen LogP contribution in [0.15, 0.2) is 21.1 Å². The molecule has 0 saturated heterocycles. The monoisotopic (exact) mass is 626 g/mol. The van der Waals surface area contributed by atoms with Gasteiger partial charge in [0, 0.05) is 32.9 Å². The molecule has 0 amide bonds. The first-order chi connectivity index (χ1) is 17.5. The van der Waals surface area contributed by atoms with Crippen LogP contribution in [0.2, 0.25) is 0 Å². The molecule has 0 spiro atoms. The van der Waals surface area contributed by atoms with Crippen molar-refractivity contribution < 1.29 is 9.59 Å². The Bertz CT molecular complexity index is 667. The van der Waals surface area contributed by atoms with E-state index < -0.39 is 0 Å².